The number of nitrogens with zero attached hydrogens (tertiary/aromatic N) is 1. The van der Waals surface area contributed by atoms with Crippen LogP contribution in [0.3, 0.4) is 0 Å². The largest absolute Gasteiger partial charge is 0.416 e. The van der Waals surface area contributed by atoms with Crippen molar-refractivity contribution in [3.63, 3.8) is 0 Å². The highest BCUT2D eigenvalue weighted by Crippen LogP contribution is 2.40. The molecule has 6 heteroatoms. The van der Waals surface area contributed by atoms with Crippen molar-refractivity contribution in [3.8, 4) is 0 Å². The third-order valence-electron chi connectivity index (χ3n) is 4.66. The molecule has 2 aromatic rings. The second-order valence-electron chi connectivity index (χ2n) is 6.19. The first-order valence-electron chi connectivity index (χ1n) is 8.05. The van der Waals surface area contributed by atoms with Gasteiger partial charge < -0.3 is 4.90 Å². The van der Waals surface area contributed by atoms with E-state index in [1.807, 2.05) is 19.1 Å². The summed E-state index contributed by atoms with van der Waals surface area (Å²) in [5, 5.41) is 0.581. The molecule has 0 spiro atoms. The summed E-state index contributed by atoms with van der Waals surface area (Å²) in [6.07, 6.45) is -3.67. The number of anilines is 1. The third-order valence-corrected chi connectivity index (χ3v) is 4.91. The summed E-state index contributed by atoms with van der Waals surface area (Å²) in [4.78, 5) is 14.4. The van der Waals surface area contributed by atoms with Gasteiger partial charge >= 0.3 is 6.18 Å². The molecule has 0 bridgehead atoms. The minimum atomic E-state index is -4.43. The number of hydrogen-bond donors (Lipinski definition) is 0. The molecule has 3 rings (SSSR count). The van der Waals surface area contributed by atoms with Crippen molar-refractivity contribution in [3.05, 3.63) is 64.7 Å². The molecule has 0 unspecified atom stereocenters. The fourth-order valence-corrected chi connectivity index (χ4v) is 3.46. The molecule has 0 N–H and O–H groups in total. The van der Waals surface area contributed by atoms with Gasteiger partial charge in [-0.25, -0.2) is 0 Å². The maximum absolute atomic E-state index is 13.0. The van der Waals surface area contributed by atoms with Crippen molar-refractivity contribution in [2.45, 2.75) is 25.4 Å². The maximum atomic E-state index is 13.0. The number of amides is 1. The summed E-state index contributed by atoms with van der Waals surface area (Å²) in [6.45, 7) is 2.39. The lowest BCUT2D eigenvalue weighted by atomic mass is 9.87. The highest BCUT2D eigenvalue weighted by atomic mass is 35.5. The zero-order valence-corrected chi connectivity index (χ0v) is 14.3. The van der Waals surface area contributed by atoms with Gasteiger partial charge in [0.25, 0.3) is 0 Å². The quantitative estimate of drug-likeness (QED) is 0.700. The minimum Gasteiger partial charge on any atom is -0.312 e. The Morgan fingerprint density at radius 1 is 1.16 bits per heavy atom. The highest BCUT2D eigenvalue weighted by Gasteiger charge is 2.41. The van der Waals surface area contributed by atoms with E-state index >= 15 is 0 Å². The van der Waals surface area contributed by atoms with E-state index in [1.54, 1.807) is 18.2 Å². The van der Waals surface area contributed by atoms with Crippen molar-refractivity contribution in [1.29, 1.82) is 0 Å². The first kappa shape index (κ1) is 17.8. The van der Waals surface area contributed by atoms with Crippen LogP contribution < -0.4 is 4.90 Å². The normalized spacial score (nSPS) is 21.0. The molecule has 1 heterocycles. The second kappa shape index (κ2) is 6.71. The monoisotopic (exact) mass is 367 g/mol. The first-order chi connectivity index (χ1) is 11.8. The Morgan fingerprint density at radius 2 is 1.84 bits per heavy atom. The van der Waals surface area contributed by atoms with Crippen LogP contribution in [-0.4, -0.2) is 12.5 Å². The summed E-state index contributed by atoms with van der Waals surface area (Å²) in [6, 6.07) is 12.0. The molecule has 2 nitrogen and oxygen atoms in total. The average Bonchev–Trinajstić information content (AvgIpc) is 2.92. The predicted octanol–water partition coefficient (Wildman–Crippen LogP) is 5.52. The number of halogens is 4. The van der Waals surface area contributed by atoms with Gasteiger partial charge in [0.15, 0.2) is 0 Å². The van der Waals surface area contributed by atoms with Crippen LogP contribution in [-0.2, 0) is 11.0 Å². The summed E-state index contributed by atoms with van der Waals surface area (Å²) in [5.41, 5.74) is 0.381. The van der Waals surface area contributed by atoms with Crippen molar-refractivity contribution in [2.24, 2.45) is 5.92 Å². The molecule has 25 heavy (non-hydrogen) atoms. The maximum Gasteiger partial charge on any atom is 0.416 e. The lowest BCUT2D eigenvalue weighted by Gasteiger charge is -2.18. The molecule has 0 aromatic heterocycles. The molecule has 1 aliphatic rings. The molecule has 0 saturated carbocycles. The van der Waals surface area contributed by atoms with E-state index in [4.69, 9.17) is 11.6 Å². The lowest BCUT2D eigenvalue weighted by molar-refractivity contribution is -0.137. The Labute approximate surface area is 149 Å². The number of rotatable bonds is 3. The molecule has 2 atom stereocenters. The molecule has 1 aliphatic heterocycles. The SMILES string of the molecule is CC[C@@H]1CN(c2cccc(C(F)(F)F)c2)C(=O)[C@H]1c1ccc(Cl)cc1. The van der Waals surface area contributed by atoms with Gasteiger partial charge in [-0.15, -0.1) is 0 Å². The molecule has 1 fully saturated rings. The third kappa shape index (κ3) is 3.52. The summed E-state index contributed by atoms with van der Waals surface area (Å²) in [7, 11) is 0. The van der Waals surface area contributed by atoms with Crippen LogP contribution in [0.15, 0.2) is 48.5 Å². The topological polar surface area (TPSA) is 20.3 Å². The molecular weight excluding hydrogens is 351 g/mol. The van der Waals surface area contributed by atoms with Crippen LogP contribution in [0, 0.1) is 5.92 Å². The number of carbonyl (C=O) groups excluding carboxylic acids is 1. The standard InChI is InChI=1S/C19H17ClF3NO/c1-2-12-11-24(16-5-3-4-14(10-16)19(21,22)23)18(25)17(12)13-6-8-15(20)9-7-13/h3-10,12,17H,2,11H2,1H3/t12-,17-/m1/s1. The van der Waals surface area contributed by atoms with Crippen LogP contribution in [0.25, 0.3) is 0 Å². The van der Waals surface area contributed by atoms with Gasteiger partial charge in [-0.1, -0.05) is 43.1 Å². The van der Waals surface area contributed by atoms with Crippen LogP contribution in [0.1, 0.15) is 30.4 Å². The van der Waals surface area contributed by atoms with Crippen LogP contribution in [0.2, 0.25) is 5.02 Å². The number of carbonyl (C=O) groups is 1. The van der Waals surface area contributed by atoms with Crippen LogP contribution in [0.5, 0.6) is 0 Å². The Morgan fingerprint density at radius 3 is 2.44 bits per heavy atom. The first-order valence-corrected chi connectivity index (χ1v) is 8.43. The summed E-state index contributed by atoms with van der Waals surface area (Å²) >= 11 is 5.91. The van der Waals surface area contributed by atoms with Crippen molar-refractivity contribution in [1.82, 2.24) is 0 Å². The van der Waals surface area contributed by atoms with E-state index in [-0.39, 0.29) is 23.4 Å². The molecule has 2 aromatic carbocycles. The van der Waals surface area contributed by atoms with E-state index in [2.05, 4.69) is 0 Å². The Balaban J connectivity index is 1.94. The van der Waals surface area contributed by atoms with Gasteiger partial charge in [0, 0.05) is 17.3 Å². The van der Waals surface area contributed by atoms with Gasteiger partial charge in [0.2, 0.25) is 5.91 Å². The zero-order valence-electron chi connectivity index (χ0n) is 13.6. The van der Waals surface area contributed by atoms with Crippen LogP contribution in [0.4, 0.5) is 18.9 Å². The Bertz CT molecular complexity index is 773. The minimum absolute atomic E-state index is 0.0446. The fraction of sp³-hybridized carbons (Fsp3) is 0.316. The lowest BCUT2D eigenvalue weighted by Crippen LogP contribution is -2.26. The number of benzene rings is 2. The van der Waals surface area contributed by atoms with Crippen molar-refractivity contribution < 1.29 is 18.0 Å². The van der Waals surface area contributed by atoms with Gasteiger partial charge in [-0.3, -0.25) is 4.79 Å². The number of alkyl halides is 3. The molecule has 132 valence electrons. The Hall–Kier alpha value is -2.01. The molecule has 1 amide bonds. The average molecular weight is 368 g/mol. The van der Waals surface area contributed by atoms with Gasteiger partial charge in [-0.2, -0.15) is 13.2 Å². The molecular formula is C19H17ClF3NO. The highest BCUT2D eigenvalue weighted by molar-refractivity contribution is 6.30. The summed E-state index contributed by atoms with van der Waals surface area (Å²) in [5.74, 6) is -0.492. The van der Waals surface area contributed by atoms with Crippen molar-refractivity contribution >= 4 is 23.2 Å². The molecule has 0 aliphatic carbocycles. The summed E-state index contributed by atoms with van der Waals surface area (Å²) < 4.78 is 38.9. The van der Waals surface area contributed by atoms with Gasteiger partial charge in [0.05, 0.1) is 11.5 Å². The van der Waals surface area contributed by atoms with E-state index in [9.17, 15) is 18.0 Å². The number of hydrogen-bond acceptors (Lipinski definition) is 1. The second-order valence-corrected chi connectivity index (χ2v) is 6.63. The van der Waals surface area contributed by atoms with E-state index in [1.165, 1.54) is 11.0 Å². The zero-order chi connectivity index (χ0) is 18.2. The van der Waals surface area contributed by atoms with Crippen LogP contribution >= 0.6 is 11.6 Å². The Kier molecular flexibility index (Phi) is 4.78. The van der Waals surface area contributed by atoms with E-state index in [0.29, 0.717) is 11.6 Å². The van der Waals surface area contributed by atoms with E-state index in [0.717, 1.165) is 24.1 Å². The fourth-order valence-electron chi connectivity index (χ4n) is 3.33. The predicted molar refractivity (Wildman–Crippen MR) is 91.8 cm³/mol. The smallest absolute Gasteiger partial charge is 0.312 e. The van der Waals surface area contributed by atoms with E-state index < -0.39 is 11.7 Å². The molecule has 1 saturated heterocycles. The van der Waals surface area contributed by atoms with Gasteiger partial charge in [0.1, 0.15) is 0 Å². The molecule has 0 radical (unpaired) electrons. The van der Waals surface area contributed by atoms with Gasteiger partial charge in [-0.05, 0) is 41.8 Å². The van der Waals surface area contributed by atoms with Crippen molar-refractivity contribution in [2.75, 3.05) is 11.4 Å².